The first-order valence-corrected chi connectivity index (χ1v) is 30.1. The summed E-state index contributed by atoms with van der Waals surface area (Å²) in [6.07, 6.45) is 0. The molecule has 0 spiro atoms. The maximum absolute atomic E-state index is 6.80. The Morgan fingerprint density at radius 3 is 1.24 bits per heavy atom. The summed E-state index contributed by atoms with van der Waals surface area (Å²) in [6, 6.07) is 101. The van der Waals surface area contributed by atoms with Crippen LogP contribution >= 0.6 is 0 Å². The monoisotopic (exact) mass is 1150 g/mol. The van der Waals surface area contributed by atoms with E-state index in [2.05, 4.69) is 243 Å². The minimum atomic E-state index is 0.551. The van der Waals surface area contributed by atoms with Gasteiger partial charge in [-0.15, -0.1) is 0 Å². The fourth-order valence-electron chi connectivity index (χ4n) is 13.0. The normalized spacial score (nSPS) is 11.8. The molecule has 0 aliphatic heterocycles. The van der Waals surface area contributed by atoms with Gasteiger partial charge in [-0.3, -0.25) is 0 Å². The molecule has 0 saturated carbocycles. The van der Waals surface area contributed by atoms with Crippen LogP contribution in [0.25, 0.3) is 189 Å². The van der Waals surface area contributed by atoms with E-state index in [1.807, 2.05) is 48.5 Å². The molecule has 0 saturated heterocycles. The third kappa shape index (κ3) is 8.84. The summed E-state index contributed by atoms with van der Waals surface area (Å²) >= 11 is 0. The van der Waals surface area contributed by atoms with Gasteiger partial charge >= 0.3 is 0 Å². The Kier molecular flexibility index (Phi) is 11.7. The number of nitrogens with zero attached hydrogens (tertiary/aromatic N) is 6. The molecule has 14 aromatic carbocycles. The van der Waals surface area contributed by atoms with Crippen molar-refractivity contribution in [3.05, 3.63) is 291 Å². The predicted molar refractivity (Wildman–Crippen MR) is 367 cm³/mol. The Labute approximate surface area is 515 Å². The summed E-state index contributed by atoms with van der Waals surface area (Å²) in [6.45, 7) is 0. The third-order valence-electron chi connectivity index (χ3n) is 17.5. The minimum Gasteiger partial charge on any atom is -0.456 e. The van der Waals surface area contributed by atoms with Gasteiger partial charge in [0.1, 0.15) is 22.3 Å². The van der Waals surface area contributed by atoms with E-state index < -0.39 is 0 Å². The van der Waals surface area contributed by atoms with Gasteiger partial charge in [-0.05, 0) is 143 Å². The molecule has 4 heterocycles. The van der Waals surface area contributed by atoms with Crippen LogP contribution in [0.5, 0.6) is 0 Å². The van der Waals surface area contributed by atoms with Crippen LogP contribution in [0.3, 0.4) is 0 Å². The van der Waals surface area contributed by atoms with Crippen LogP contribution in [0.15, 0.2) is 300 Å². The molecule has 8 nitrogen and oxygen atoms in total. The highest BCUT2D eigenvalue weighted by Gasteiger charge is 2.21. The van der Waals surface area contributed by atoms with E-state index in [4.69, 9.17) is 38.7 Å². The molecule has 0 bridgehead atoms. The Hall–Kier alpha value is -12.3. The number of hydrogen-bond donors (Lipinski definition) is 0. The summed E-state index contributed by atoms with van der Waals surface area (Å²) in [5, 5.41) is 13.0. The van der Waals surface area contributed by atoms with Crippen LogP contribution in [0.1, 0.15) is 0 Å². The van der Waals surface area contributed by atoms with Crippen LogP contribution in [-0.2, 0) is 0 Å². The van der Waals surface area contributed by atoms with Gasteiger partial charge in [0, 0.05) is 54.9 Å². The lowest BCUT2D eigenvalue weighted by Crippen LogP contribution is -2.01. The standard InChI is InChI=1S/C82H48N6O2/c1-3-16-49(17-4-1)52-21-11-22-53(40-52)54-23-12-27-60(41-54)78-84-79(87-82(86-78)68-32-14-25-57-44-71-65-30-9-10-33-73(65)89-76(71)48-70(57)68)61-28-13-24-55(42-61)56-36-39-66-72-47-69-58(46-75(72)90-74(66)45-56)26-15-31-67(69)81-85-77(51-19-5-2-6-20-51)83-80(88-81)62-37-38-64-59(43-62)35-34-50-18-7-8-29-63(50)64/h1-48H. The van der Waals surface area contributed by atoms with Crippen molar-refractivity contribution >= 4 is 87.0 Å². The van der Waals surface area contributed by atoms with Crippen molar-refractivity contribution in [1.29, 1.82) is 0 Å². The second-order valence-electron chi connectivity index (χ2n) is 23.0. The Morgan fingerprint density at radius 2 is 0.556 bits per heavy atom. The van der Waals surface area contributed by atoms with Gasteiger partial charge in [0.05, 0.1) is 0 Å². The van der Waals surface area contributed by atoms with E-state index in [-0.39, 0.29) is 0 Å². The smallest absolute Gasteiger partial charge is 0.164 e. The highest BCUT2D eigenvalue weighted by molar-refractivity contribution is 6.14. The minimum absolute atomic E-state index is 0.551. The molecular formula is C82H48N6O2. The first kappa shape index (κ1) is 51.0. The lowest BCUT2D eigenvalue weighted by atomic mass is 9.98. The van der Waals surface area contributed by atoms with E-state index in [1.165, 1.54) is 16.2 Å². The van der Waals surface area contributed by atoms with Crippen molar-refractivity contribution < 1.29 is 8.83 Å². The van der Waals surface area contributed by atoms with Crippen LogP contribution in [0.2, 0.25) is 0 Å². The van der Waals surface area contributed by atoms with Crippen LogP contribution in [0, 0.1) is 0 Å². The molecule has 18 aromatic rings. The number of furan rings is 2. The molecule has 0 N–H and O–H groups in total. The molecule has 0 radical (unpaired) electrons. The quantitative estimate of drug-likeness (QED) is 0.132. The molecule has 0 aliphatic rings. The predicted octanol–water partition coefficient (Wildman–Crippen LogP) is 21.5. The van der Waals surface area contributed by atoms with Gasteiger partial charge in [-0.1, -0.05) is 224 Å². The zero-order valence-electron chi connectivity index (χ0n) is 48.2. The molecule has 90 heavy (non-hydrogen) atoms. The van der Waals surface area contributed by atoms with Gasteiger partial charge in [0.15, 0.2) is 34.9 Å². The molecule has 0 amide bonds. The number of benzene rings is 14. The first-order chi connectivity index (χ1) is 44.5. The van der Waals surface area contributed by atoms with Crippen LogP contribution in [0.4, 0.5) is 0 Å². The number of para-hydroxylation sites is 1. The van der Waals surface area contributed by atoms with E-state index in [1.54, 1.807) is 0 Å². The van der Waals surface area contributed by atoms with Crippen LogP contribution < -0.4 is 0 Å². The number of fused-ring (bicyclic) bond motifs is 11. The summed E-state index contributed by atoms with van der Waals surface area (Å²) < 4.78 is 13.2. The second kappa shape index (κ2) is 20.7. The van der Waals surface area contributed by atoms with E-state index in [9.17, 15) is 0 Å². The van der Waals surface area contributed by atoms with Gasteiger partial charge < -0.3 is 8.83 Å². The largest absolute Gasteiger partial charge is 0.456 e. The number of aromatic nitrogens is 6. The van der Waals surface area contributed by atoms with Crippen molar-refractivity contribution in [1.82, 2.24) is 29.9 Å². The Balaban J connectivity index is 0.734. The van der Waals surface area contributed by atoms with Gasteiger partial charge in [-0.2, -0.15) is 0 Å². The van der Waals surface area contributed by atoms with Crippen molar-refractivity contribution in [3.8, 4) is 102 Å². The van der Waals surface area contributed by atoms with Gasteiger partial charge in [0.25, 0.3) is 0 Å². The Morgan fingerprint density at radius 1 is 0.167 bits per heavy atom. The van der Waals surface area contributed by atoms with Crippen molar-refractivity contribution in [3.63, 3.8) is 0 Å². The second-order valence-corrected chi connectivity index (χ2v) is 23.0. The molecule has 0 unspecified atom stereocenters. The molecule has 0 atom stereocenters. The fourth-order valence-corrected chi connectivity index (χ4v) is 13.0. The molecule has 0 fully saturated rings. The first-order valence-electron chi connectivity index (χ1n) is 30.1. The van der Waals surface area contributed by atoms with Crippen molar-refractivity contribution in [2.45, 2.75) is 0 Å². The summed E-state index contributed by atoms with van der Waals surface area (Å²) in [7, 11) is 0. The van der Waals surface area contributed by atoms with Crippen molar-refractivity contribution in [2.24, 2.45) is 0 Å². The zero-order valence-corrected chi connectivity index (χ0v) is 48.2. The lowest BCUT2D eigenvalue weighted by Gasteiger charge is -2.12. The van der Waals surface area contributed by atoms with Gasteiger partial charge in [0.2, 0.25) is 0 Å². The fraction of sp³-hybridized carbons (Fsp3) is 0. The average Bonchev–Trinajstić information content (AvgIpc) is 1.63. The molecule has 4 aromatic heterocycles. The van der Waals surface area contributed by atoms with E-state index >= 15 is 0 Å². The summed E-state index contributed by atoms with van der Waals surface area (Å²) in [4.78, 5) is 31.5. The summed E-state index contributed by atoms with van der Waals surface area (Å²) in [5.41, 5.74) is 15.0. The summed E-state index contributed by atoms with van der Waals surface area (Å²) in [5.74, 6) is 3.48. The third-order valence-corrected chi connectivity index (χ3v) is 17.5. The highest BCUT2D eigenvalue weighted by Crippen LogP contribution is 2.41. The maximum atomic E-state index is 6.80. The van der Waals surface area contributed by atoms with Gasteiger partial charge in [-0.25, -0.2) is 29.9 Å². The van der Waals surface area contributed by atoms with Crippen LogP contribution in [-0.4, -0.2) is 29.9 Å². The zero-order chi connectivity index (χ0) is 59.2. The lowest BCUT2D eigenvalue weighted by molar-refractivity contribution is 0.669. The molecule has 18 rings (SSSR count). The molecule has 8 heteroatoms. The maximum Gasteiger partial charge on any atom is 0.164 e. The Bertz CT molecular complexity index is 5930. The molecule has 418 valence electrons. The average molecular weight is 1150 g/mol. The highest BCUT2D eigenvalue weighted by atomic mass is 16.3. The van der Waals surface area contributed by atoms with Crippen molar-refractivity contribution in [2.75, 3.05) is 0 Å². The number of rotatable bonds is 9. The number of hydrogen-bond acceptors (Lipinski definition) is 8. The SMILES string of the molecule is c1ccc(-c2cccc(-c3cccc(-c4nc(-c5cccc(-c6ccc7c(c6)oc6cc8cccc(-c9nc(-c%10ccccc%10)nc(-c%10ccc%11c(ccc%12ccccc%12%11)c%10)n9)c8cc67)c5)nc(-c5cccc6cc7c(cc56)oc5ccccc57)n4)c3)c2)cc1. The topological polar surface area (TPSA) is 104 Å². The molecule has 0 aliphatic carbocycles. The van der Waals surface area contributed by atoms with E-state index in [0.717, 1.165) is 138 Å². The van der Waals surface area contributed by atoms with E-state index in [0.29, 0.717) is 34.9 Å². The molecular weight excluding hydrogens is 1100 g/mol.